The van der Waals surface area contributed by atoms with E-state index >= 15 is 0 Å². The number of halogens is 1. The van der Waals surface area contributed by atoms with E-state index in [9.17, 15) is 14.3 Å². The van der Waals surface area contributed by atoms with Gasteiger partial charge in [-0.3, -0.25) is 4.79 Å². The van der Waals surface area contributed by atoms with Crippen LogP contribution in [-0.4, -0.2) is 30.8 Å². The molecule has 4 nitrogen and oxygen atoms in total. The second-order valence-corrected chi connectivity index (χ2v) is 6.14. The van der Waals surface area contributed by atoms with Crippen molar-refractivity contribution >= 4 is 5.91 Å². The van der Waals surface area contributed by atoms with E-state index in [4.69, 9.17) is 4.74 Å². The normalized spacial score (nSPS) is 13.0. The molecular formula is C16H24FNO3. The third kappa shape index (κ3) is 5.81. The molecule has 0 aliphatic heterocycles. The number of benzene rings is 1. The Balaban J connectivity index is 2.70. The van der Waals surface area contributed by atoms with E-state index in [-0.39, 0.29) is 23.7 Å². The molecule has 0 spiro atoms. The summed E-state index contributed by atoms with van der Waals surface area (Å²) in [6.45, 7) is 6.23. The smallest absolute Gasteiger partial charge is 0.251 e. The molecule has 1 amide bonds. The van der Waals surface area contributed by atoms with Crippen molar-refractivity contribution < 1.29 is 19.0 Å². The first kappa shape index (κ1) is 17.6. The predicted octanol–water partition coefficient (Wildman–Crippen LogP) is 2.50. The molecule has 2 N–H and O–H groups in total. The lowest BCUT2D eigenvalue weighted by atomic mass is 9.87. The summed E-state index contributed by atoms with van der Waals surface area (Å²) in [5.74, 6) is -0.645. The van der Waals surface area contributed by atoms with Gasteiger partial charge in [-0.25, -0.2) is 4.39 Å². The van der Waals surface area contributed by atoms with Gasteiger partial charge in [-0.2, -0.15) is 0 Å². The Bertz CT molecular complexity index is 486. The number of hydrogen-bond acceptors (Lipinski definition) is 3. The fraction of sp³-hybridized carbons (Fsp3) is 0.562. The quantitative estimate of drug-likeness (QED) is 0.813. The molecule has 1 aromatic carbocycles. The number of aliphatic hydroxyl groups is 1. The van der Waals surface area contributed by atoms with Crippen LogP contribution in [0.15, 0.2) is 18.2 Å². The lowest BCUT2D eigenvalue weighted by Crippen LogP contribution is -2.35. The third-order valence-corrected chi connectivity index (χ3v) is 3.18. The van der Waals surface area contributed by atoms with Crippen LogP contribution < -0.4 is 5.32 Å². The van der Waals surface area contributed by atoms with Gasteiger partial charge in [-0.05, 0) is 37.0 Å². The van der Waals surface area contributed by atoms with Gasteiger partial charge in [0.05, 0.1) is 12.7 Å². The summed E-state index contributed by atoms with van der Waals surface area (Å²) in [5.41, 5.74) is 0.545. The highest BCUT2D eigenvalue weighted by Crippen LogP contribution is 2.21. The second-order valence-electron chi connectivity index (χ2n) is 6.14. The van der Waals surface area contributed by atoms with Gasteiger partial charge in [-0.15, -0.1) is 0 Å². The van der Waals surface area contributed by atoms with Crippen LogP contribution in [0.25, 0.3) is 0 Å². The van der Waals surface area contributed by atoms with Gasteiger partial charge >= 0.3 is 0 Å². The van der Waals surface area contributed by atoms with Crippen molar-refractivity contribution in [2.24, 2.45) is 5.41 Å². The number of methoxy groups -OCH3 is 1. The van der Waals surface area contributed by atoms with E-state index in [2.05, 4.69) is 5.32 Å². The monoisotopic (exact) mass is 297 g/mol. The summed E-state index contributed by atoms with van der Waals surface area (Å²) in [6.07, 6.45) is 0.169. The summed E-state index contributed by atoms with van der Waals surface area (Å²) < 4.78 is 18.4. The average molecular weight is 297 g/mol. The van der Waals surface area contributed by atoms with Gasteiger partial charge in [0.1, 0.15) is 5.82 Å². The number of hydrogen-bond donors (Lipinski definition) is 2. The molecule has 1 unspecified atom stereocenters. The number of amides is 1. The van der Waals surface area contributed by atoms with E-state index in [0.717, 1.165) is 0 Å². The standard InChI is InChI=1S/C16H24FNO3/c1-11(19)8-16(2,3)10-18-15(20)12-5-6-14(17)13(7-12)9-21-4/h5-7,11,19H,8-10H2,1-4H3,(H,18,20). The Labute approximate surface area is 125 Å². The van der Waals surface area contributed by atoms with Crippen molar-refractivity contribution in [3.63, 3.8) is 0 Å². The third-order valence-electron chi connectivity index (χ3n) is 3.18. The Morgan fingerprint density at radius 2 is 2.14 bits per heavy atom. The van der Waals surface area contributed by atoms with Gasteiger partial charge in [0, 0.05) is 24.8 Å². The van der Waals surface area contributed by atoms with Gasteiger partial charge in [0.15, 0.2) is 0 Å². The SMILES string of the molecule is COCc1cc(C(=O)NCC(C)(C)CC(C)O)ccc1F. The fourth-order valence-electron chi connectivity index (χ4n) is 2.28. The van der Waals surface area contributed by atoms with Crippen LogP contribution in [0.5, 0.6) is 0 Å². The fourth-order valence-corrected chi connectivity index (χ4v) is 2.28. The second kappa shape index (κ2) is 7.52. The van der Waals surface area contributed by atoms with Crippen LogP contribution in [0.1, 0.15) is 43.1 Å². The Morgan fingerprint density at radius 1 is 1.48 bits per heavy atom. The zero-order chi connectivity index (χ0) is 16.0. The molecular weight excluding hydrogens is 273 g/mol. The van der Waals surface area contributed by atoms with Crippen molar-refractivity contribution in [1.82, 2.24) is 5.32 Å². The lowest BCUT2D eigenvalue weighted by molar-refractivity contribution is 0.0901. The van der Waals surface area contributed by atoms with Crippen molar-refractivity contribution in [1.29, 1.82) is 0 Å². The highest BCUT2D eigenvalue weighted by molar-refractivity contribution is 5.94. The number of nitrogens with one attached hydrogen (secondary N) is 1. The molecule has 1 atom stereocenters. The Hall–Kier alpha value is -1.46. The van der Waals surface area contributed by atoms with Crippen LogP contribution in [-0.2, 0) is 11.3 Å². The molecule has 0 radical (unpaired) electrons. The average Bonchev–Trinajstić information content (AvgIpc) is 2.37. The molecule has 21 heavy (non-hydrogen) atoms. The minimum absolute atomic E-state index is 0.125. The van der Waals surface area contributed by atoms with Crippen LogP contribution >= 0.6 is 0 Å². The maximum Gasteiger partial charge on any atom is 0.251 e. The summed E-state index contributed by atoms with van der Waals surface area (Å²) in [7, 11) is 1.48. The number of aliphatic hydroxyl groups excluding tert-OH is 1. The molecule has 0 aliphatic rings. The van der Waals surface area contributed by atoms with Crippen molar-refractivity contribution in [2.45, 2.75) is 39.9 Å². The zero-order valence-corrected chi connectivity index (χ0v) is 13.1. The molecule has 0 fully saturated rings. The highest BCUT2D eigenvalue weighted by Gasteiger charge is 2.21. The molecule has 118 valence electrons. The zero-order valence-electron chi connectivity index (χ0n) is 13.1. The van der Waals surface area contributed by atoms with Gasteiger partial charge in [0.25, 0.3) is 5.91 Å². The molecule has 1 aromatic rings. The van der Waals surface area contributed by atoms with Gasteiger partial charge in [0.2, 0.25) is 0 Å². The minimum atomic E-state index is -0.420. The Kier molecular flexibility index (Phi) is 6.30. The highest BCUT2D eigenvalue weighted by atomic mass is 19.1. The maximum absolute atomic E-state index is 13.5. The minimum Gasteiger partial charge on any atom is -0.393 e. The largest absolute Gasteiger partial charge is 0.393 e. The Morgan fingerprint density at radius 3 is 2.71 bits per heavy atom. The van der Waals surface area contributed by atoms with Crippen LogP contribution in [0.2, 0.25) is 0 Å². The number of carbonyl (C=O) groups excluding carboxylic acids is 1. The van der Waals surface area contributed by atoms with Crippen molar-refractivity contribution in [2.75, 3.05) is 13.7 Å². The molecule has 0 aliphatic carbocycles. The molecule has 5 heteroatoms. The van der Waals surface area contributed by atoms with Gasteiger partial charge < -0.3 is 15.2 Å². The molecule has 0 aromatic heterocycles. The summed E-state index contributed by atoms with van der Waals surface area (Å²) >= 11 is 0. The van der Waals surface area contributed by atoms with E-state index in [1.165, 1.54) is 25.3 Å². The summed E-state index contributed by atoms with van der Waals surface area (Å²) in [4.78, 5) is 12.1. The van der Waals surface area contributed by atoms with Crippen LogP contribution in [0, 0.1) is 11.2 Å². The lowest BCUT2D eigenvalue weighted by Gasteiger charge is -2.26. The molecule has 0 saturated carbocycles. The van der Waals surface area contributed by atoms with Gasteiger partial charge in [-0.1, -0.05) is 13.8 Å². The molecule has 1 rings (SSSR count). The first-order valence-electron chi connectivity index (χ1n) is 6.99. The topological polar surface area (TPSA) is 58.6 Å². The number of carbonyl (C=O) groups is 1. The van der Waals surface area contributed by atoms with Crippen molar-refractivity contribution in [3.8, 4) is 0 Å². The first-order chi connectivity index (χ1) is 9.75. The van der Waals surface area contributed by atoms with E-state index in [0.29, 0.717) is 24.1 Å². The number of ether oxygens (including phenoxy) is 1. The van der Waals surface area contributed by atoms with Crippen LogP contribution in [0.4, 0.5) is 4.39 Å². The summed E-state index contributed by atoms with van der Waals surface area (Å²) in [6, 6.07) is 4.21. The molecule has 0 saturated heterocycles. The molecule has 0 bridgehead atoms. The maximum atomic E-state index is 13.5. The van der Waals surface area contributed by atoms with Crippen molar-refractivity contribution in [3.05, 3.63) is 35.1 Å². The first-order valence-corrected chi connectivity index (χ1v) is 6.99. The summed E-state index contributed by atoms with van der Waals surface area (Å²) in [5, 5.41) is 12.2. The molecule has 0 heterocycles. The van der Waals surface area contributed by atoms with E-state index < -0.39 is 6.10 Å². The predicted molar refractivity (Wildman–Crippen MR) is 79.5 cm³/mol. The number of rotatable bonds is 7. The van der Waals surface area contributed by atoms with E-state index in [1.807, 2.05) is 13.8 Å². The van der Waals surface area contributed by atoms with E-state index in [1.54, 1.807) is 6.92 Å². The van der Waals surface area contributed by atoms with Crippen LogP contribution in [0.3, 0.4) is 0 Å².